The van der Waals surface area contributed by atoms with E-state index in [-0.39, 0.29) is 35.5 Å². The van der Waals surface area contributed by atoms with Crippen LogP contribution in [0.5, 0.6) is 11.5 Å². The molecule has 1 saturated heterocycles. The largest absolute Gasteiger partial charge is 0.493 e. The lowest BCUT2D eigenvalue weighted by Gasteiger charge is -2.24. The third kappa shape index (κ3) is 3.44. The molecule has 8 heteroatoms. The summed E-state index contributed by atoms with van der Waals surface area (Å²) in [6.07, 6.45) is 6.53. The zero-order chi connectivity index (χ0) is 21.1. The monoisotopic (exact) mass is 524 g/mol. The van der Waals surface area contributed by atoms with Gasteiger partial charge in [-0.05, 0) is 77.0 Å². The van der Waals surface area contributed by atoms with Gasteiger partial charge in [-0.25, -0.2) is 0 Å². The molecule has 0 radical (unpaired) electrons. The van der Waals surface area contributed by atoms with E-state index in [0.717, 1.165) is 11.4 Å². The van der Waals surface area contributed by atoms with Crippen molar-refractivity contribution in [2.24, 2.45) is 28.8 Å². The van der Waals surface area contributed by atoms with E-state index in [2.05, 4.69) is 49.1 Å². The summed E-state index contributed by atoms with van der Waals surface area (Å²) >= 11 is 7.09. The summed E-state index contributed by atoms with van der Waals surface area (Å²) in [5.41, 5.74) is 0.249. The van der Waals surface area contributed by atoms with E-state index in [0.29, 0.717) is 26.0 Å². The number of nitrogens with zero attached hydrogens (tertiary/aromatic N) is 2. The number of methoxy groups -OCH3 is 1. The van der Waals surface area contributed by atoms with E-state index in [4.69, 9.17) is 9.47 Å². The smallest absolute Gasteiger partial charge is 0.254 e. The quantitative estimate of drug-likeness (QED) is 0.329. The molecule has 2 bridgehead atoms. The van der Waals surface area contributed by atoms with Crippen molar-refractivity contribution in [1.82, 2.24) is 5.01 Å². The summed E-state index contributed by atoms with van der Waals surface area (Å²) in [6.45, 7) is 5.85. The topological polar surface area (TPSA) is 68.2 Å². The number of rotatable bonds is 4. The van der Waals surface area contributed by atoms with Crippen molar-refractivity contribution in [3.05, 3.63) is 32.7 Å². The Morgan fingerprint density at radius 2 is 1.69 bits per heavy atom. The molecule has 0 spiro atoms. The number of imide groups is 1. The maximum Gasteiger partial charge on any atom is 0.254 e. The summed E-state index contributed by atoms with van der Waals surface area (Å²) in [4.78, 5) is 25.6. The van der Waals surface area contributed by atoms with Crippen LogP contribution in [-0.2, 0) is 9.59 Å². The highest BCUT2D eigenvalue weighted by atomic mass is 79.9. The number of ether oxygens (including phenoxy) is 2. The van der Waals surface area contributed by atoms with Gasteiger partial charge < -0.3 is 9.47 Å². The normalized spacial score (nSPS) is 28.0. The molecular weight excluding hydrogens is 504 g/mol. The molecule has 2 amide bonds. The number of benzene rings is 1. The molecule has 154 valence electrons. The number of hydrogen-bond donors (Lipinski definition) is 0. The fraction of sp³-hybridized carbons (Fsp3) is 0.476. The van der Waals surface area contributed by atoms with Gasteiger partial charge in [0, 0.05) is 10.0 Å². The first kappa shape index (κ1) is 20.6. The summed E-state index contributed by atoms with van der Waals surface area (Å²) in [5, 5.41) is 5.29. The first-order valence-electron chi connectivity index (χ1n) is 9.47. The molecule has 0 aromatic heterocycles. The van der Waals surface area contributed by atoms with Gasteiger partial charge in [0.05, 0.1) is 29.6 Å². The van der Waals surface area contributed by atoms with E-state index in [9.17, 15) is 9.59 Å². The SMILES string of the molecule is COc1cc(C=NN2C(=O)[C@@H]3[C@H](C2=O)[C@H]2C=C[C@H]3C2)c(Br)c(Br)c1OC(C)(C)C. The predicted molar refractivity (Wildman–Crippen MR) is 116 cm³/mol. The number of hydrazone groups is 1. The molecule has 0 N–H and O–H groups in total. The van der Waals surface area contributed by atoms with Gasteiger partial charge in [-0.3, -0.25) is 9.59 Å². The van der Waals surface area contributed by atoms with Crippen molar-refractivity contribution < 1.29 is 19.1 Å². The lowest BCUT2D eigenvalue weighted by molar-refractivity contribution is -0.140. The fourth-order valence-corrected chi connectivity index (χ4v) is 5.27. The van der Waals surface area contributed by atoms with Crippen LogP contribution in [-0.4, -0.2) is 35.7 Å². The van der Waals surface area contributed by atoms with Crippen molar-refractivity contribution in [2.75, 3.05) is 7.11 Å². The van der Waals surface area contributed by atoms with Crippen LogP contribution >= 0.6 is 31.9 Å². The molecule has 29 heavy (non-hydrogen) atoms. The summed E-state index contributed by atoms with van der Waals surface area (Å²) in [7, 11) is 1.56. The summed E-state index contributed by atoms with van der Waals surface area (Å²) in [6, 6.07) is 1.76. The van der Waals surface area contributed by atoms with E-state index >= 15 is 0 Å². The van der Waals surface area contributed by atoms with Gasteiger partial charge in [0.2, 0.25) is 0 Å². The van der Waals surface area contributed by atoms with Crippen LogP contribution < -0.4 is 9.47 Å². The van der Waals surface area contributed by atoms with Gasteiger partial charge in [-0.2, -0.15) is 10.1 Å². The van der Waals surface area contributed by atoms with Crippen LogP contribution in [0.4, 0.5) is 0 Å². The Morgan fingerprint density at radius 3 is 2.21 bits per heavy atom. The molecule has 1 aromatic carbocycles. The predicted octanol–water partition coefficient (Wildman–Crippen LogP) is 4.54. The van der Waals surface area contributed by atoms with E-state index < -0.39 is 5.60 Å². The minimum atomic E-state index is -0.412. The average Bonchev–Trinajstić information content (AvgIpc) is 3.33. The average molecular weight is 526 g/mol. The van der Waals surface area contributed by atoms with Gasteiger partial charge in [-0.1, -0.05) is 12.2 Å². The number of allylic oxidation sites excluding steroid dienone is 2. The van der Waals surface area contributed by atoms with Crippen LogP contribution in [0.3, 0.4) is 0 Å². The number of carbonyl (C=O) groups excluding carboxylic acids is 2. The van der Waals surface area contributed by atoms with Crippen LogP contribution in [0.1, 0.15) is 32.8 Å². The van der Waals surface area contributed by atoms with Gasteiger partial charge in [0.25, 0.3) is 11.8 Å². The Balaban J connectivity index is 1.63. The van der Waals surface area contributed by atoms with E-state index in [1.807, 2.05) is 20.8 Å². The Bertz CT molecular complexity index is 921. The maximum absolute atomic E-state index is 12.8. The molecule has 0 unspecified atom stereocenters. The van der Waals surface area contributed by atoms with Gasteiger partial charge >= 0.3 is 0 Å². The van der Waals surface area contributed by atoms with Crippen LogP contribution in [0.15, 0.2) is 32.3 Å². The first-order valence-corrected chi connectivity index (χ1v) is 11.1. The van der Waals surface area contributed by atoms with Crippen LogP contribution in [0.25, 0.3) is 0 Å². The molecule has 1 heterocycles. The molecule has 4 atom stereocenters. The maximum atomic E-state index is 12.8. The molecule has 6 nitrogen and oxygen atoms in total. The fourth-order valence-electron chi connectivity index (χ4n) is 4.37. The summed E-state index contributed by atoms with van der Waals surface area (Å²) in [5.74, 6) is 0.479. The third-order valence-electron chi connectivity index (χ3n) is 5.54. The van der Waals surface area contributed by atoms with Crippen molar-refractivity contribution in [2.45, 2.75) is 32.8 Å². The Morgan fingerprint density at radius 1 is 1.10 bits per heavy atom. The van der Waals surface area contributed by atoms with Crippen LogP contribution in [0, 0.1) is 23.7 Å². The van der Waals surface area contributed by atoms with E-state index in [1.54, 1.807) is 13.2 Å². The number of hydrogen-bond acceptors (Lipinski definition) is 5. The second-order valence-electron chi connectivity index (χ2n) is 8.57. The number of halogens is 2. The molecular formula is C21H22Br2N2O4. The number of carbonyl (C=O) groups is 2. The molecule has 1 aliphatic heterocycles. The Labute approximate surface area is 186 Å². The molecule has 1 aromatic rings. The lowest BCUT2D eigenvalue weighted by atomic mass is 9.85. The Kier molecular flexibility index (Phi) is 5.14. The van der Waals surface area contributed by atoms with Crippen LogP contribution in [0.2, 0.25) is 0 Å². The minimum absolute atomic E-state index is 0.163. The molecule has 1 saturated carbocycles. The molecule has 4 rings (SSSR count). The highest BCUT2D eigenvalue weighted by molar-refractivity contribution is 9.13. The highest BCUT2D eigenvalue weighted by Gasteiger charge is 2.59. The minimum Gasteiger partial charge on any atom is -0.493 e. The lowest BCUT2D eigenvalue weighted by Crippen LogP contribution is -2.28. The van der Waals surface area contributed by atoms with Gasteiger partial charge in [0.15, 0.2) is 11.5 Å². The highest BCUT2D eigenvalue weighted by Crippen LogP contribution is 2.52. The van der Waals surface area contributed by atoms with Crippen molar-refractivity contribution >= 4 is 49.9 Å². The zero-order valence-electron chi connectivity index (χ0n) is 16.6. The molecule has 2 fully saturated rings. The standard InChI is InChI=1S/C21H22Br2N2O4/c1-21(2,3)29-18-13(28-4)8-12(16(22)17(18)23)9-24-25-19(26)14-10-5-6-11(7-10)15(14)20(25)27/h5-6,8-11,14-15H,7H2,1-4H3/t10-,11-,14-,15+/m0/s1. The second kappa shape index (κ2) is 7.23. The summed E-state index contributed by atoms with van der Waals surface area (Å²) < 4.78 is 12.9. The van der Waals surface area contributed by atoms with Crippen molar-refractivity contribution in [3.8, 4) is 11.5 Å². The van der Waals surface area contributed by atoms with Gasteiger partial charge in [-0.15, -0.1) is 0 Å². The van der Waals surface area contributed by atoms with Crippen molar-refractivity contribution in [3.63, 3.8) is 0 Å². The Hall–Kier alpha value is -1.67. The van der Waals surface area contributed by atoms with Gasteiger partial charge in [0.1, 0.15) is 5.60 Å². The number of amides is 2. The number of fused-ring (bicyclic) bond motifs is 5. The zero-order valence-corrected chi connectivity index (χ0v) is 19.8. The first-order chi connectivity index (χ1) is 13.6. The van der Waals surface area contributed by atoms with Crippen molar-refractivity contribution in [1.29, 1.82) is 0 Å². The van der Waals surface area contributed by atoms with E-state index in [1.165, 1.54) is 6.21 Å². The second-order valence-corrected chi connectivity index (χ2v) is 10.2. The molecule has 2 aliphatic carbocycles. The molecule has 3 aliphatic rings. The third-order valence-corrected chi connectivity index (χ3v) is 7.69.